The number of fused-ring (bicyclic) bond motifs is 1. The monoisotopic (exact) mass is 248 g/mol. The Kier molecular flexibility index (Phi) is 2.32. The van der Waals surface area contributed by atoms with Crippen LogP contribution in [0.15, 0.2) is 12.4 Å². The zero-order valence-corrected chi connectivity index (χ0v) is 9.75. The molecule has 0 bridgehead atoms. The maximum absolute atomic E-state index is 11.4. The molecular formula is C11H12N4O3. The van der Waals surface area contributed by atoms with E-state index in [1.165, 1.54) is 0 Å². The Morgan fingerprint density at radius 2 is 2.50 bits per heavy atom. The molecule has 7 heteroatoms. The van der Waals surface area contributed by atoms with Crippen LogP contribution in [-0.2, 0) is 6.54 Å². The minimum atomic E-state index is -1.04. The third-order valence-electron chi connectivity index (χ3n) is 2.95. The molecule has 0 aromatic carbocycles. The fourth-order valence-electron chi connectivity index (χ4n) is 2.05. The predicted molar refractivity (Wildman–Crippen MR) is 61.5 cm³/mol. The van der Waals surface area contributed by atoms with Crippen molar-refractivity contribution in [3.05, 3.63) is 18.0 Å². The Balaban J connectivity index is 2.18. The molecular weight excluding hydrogens is 236 g/mol. The third-order valence-corrected chi connectivity index (χ3v) is 2.95. The van der Waals surface area contributed by atoms with Crippen molar-refractivity contribution in [1.29, 1.82) is 0 Å². The Morgan fingerprint density at radius 1 is 1.67 bits per heavy atom. The topological polar surface area (TPSA) is 93.0 Å². The standard InChI is InChI=1S/C11H12N4O3/c1-6-2-3-15-10(18-6)8(11(16)17)9(14-15)7-4-12-13-5-7/h4-6H,2-3H2,1H3,(H,12,13)(H,16,17)/t6-/m1/s1. The summed E-state index contributed by atoms with van der Waals surface area (Å²) < 4.78 is 7.19. The van der Waals surface area contributed by atoms with Crippen LogP contribution in [0, 0.1) is 0 Å². The average molecular weight is 248 g/mol. The summed E-state index contributed by atoms with van der Waals surface area (Å²) in [4.78, 5) is 11.4. The van der Waals surface area contributed by atoms with E-state index in [9.17, 15) is 9.90 Å². The van der Waals surface area contributed by atoms with Crippen molar-refractivity contribution in [3.8, 4) is 17.1 Å². The van der Waals surface area contributed by atoms with Gasteiger partial charge in [-0.2, -0.15) is 10.2 Å². The summed E-state index contributed by atoms with van der Waals surface area (Å²) in [6.45, 7) is 2.58. The molecule has 0 radical (unpaired) electrons. The van der Waals surface area contributed by atoms with Crippen molar-refractivity contribution in [2.75, 3.05) is 0 Å². The van der Waals surface area contributed by atoms with Crippen molar-refractivity contribution in [1.82, 2.24) is 20.0 Å². The molecule has 94 valence electrons. The highest BCUT2D eigenvalue weighted by atomic mass is 16.5. The molecule has 0 unspecified atom stereocenters. The van der Waals surface area contributed by atoms with Crippen LogP contribution in [0.25, 0.3) is 11.3 Å². The fraction of sp³-hybridized carbons (Fsp3) is 0.364. The second kappa shape index (κ2) is 3.86. The summed E-state index contributed by atoms with van der Waals surface area (Å²) in [6.07, 6.45) is 3.98. The van der Waals surface area contributed by atoms with Gasteiger partial charge in [0.05, 0.1) is 12.3 Å². The summed E-state index contributed by atoms with van der Waals surface area (Å²) in [5.74, 6) is -0.709. The maximum atomic E-state index is 11.4. The number of nitrogens with zero attached hydrogens (tertiary/aromatic N) is 3. The van der Waals surface area contributed by atoms with Gasteiger partial charge in [-0.1, -0.05) is 0 Å². The highest BCUT2D eigenvalue weighted by Gasteiger charge is 2.29. The molecule has 0 spiro atoms. The fourth-order valence-corrected chi connectivity index (χ4v) is 2.05. The van der Waals surface area contributed by atoms with Gasteiger partial charge in [-0.05, 0) is 6.92 Å². The molecule has 3 rings (SSSR count). The van der Waals surface area contributed by atoms with Crippen LogP contribution in [0.5, 0.6) is 5.88 Å². The highest BCUT2D eigenvalue weighted by Crippen LogP contribution is 2.33. The maximum Gasteiger partial charge on any atom is 0.343 e. The van der Waals surface area contributed by atoms with Crippen molar-refractivity contribution < 1.29 is 14.6 Å². The zero-order chi connectivity index (χ0) is 12.7. The summed E-state index contributed by atoms with van der Waals surface area (Å²) in [7, 11) is 0. The van der Waals surface area contributed by atoms with Gasteiger partial charge < -0.3 is 9.84 Å². The predicted octanol–water partition coefficient (Wildman–Crippen LogP) is 1.14. The van der Waals surface area contributed by atoms with E-state index in [0.29, 0.717) is 23.7 Å². The van der Waals surface area contributed by atoms with Crippen LogP contribution >= 0.6 is 0 Å². The second-order valence-corrected chi connectivity index (χ2v) is 4.26. The molecule has 0 amide bonds. The Morgan fingerprint density at radius 3 is 3.17 bits per heavy atom. The largest absolute Gasteiger partial charge is 0.477 e. The smallest absolute Gasteiger partial charge is 0.343 e. The van der Waals surface area contributed by atoms with E-state index < -0.39 is 5.97 Å². The number of ether oxygens (including phenoxy) is 1. The molecule has 0 fully saturated rings. The Labute approximate surface area is 102 Å². The highest BCUT2D eigenvalue weighted by molar-refractivity contribution is 5.97. The van der Waals surface area contributed by atoms with Gasteiger partial charge in [-0.15, -0.1) is 0 Å². The number of carboxylic acids is 1. The minimum absolute atomic E-state index is 0.00417. The molecule has 2 aromatic heterocycles. The number of H-pyrrole nitrogens is 1. The first-order valence-corrected chi connectivity index (χ1v) is 5.66. The molecule has 18 heavy (non-hydrogen) atoms. The van der Waals surface area contributed by atoms with Crippen LogP contribution in [0.3, 0.4) is 0 Å². The lowest BCUT2D eigenvalue weighted by Gasteiger charge is -2.21. The van der Waals surface area contributed by atoms with Crippen molar-refractivity contribution in [2.24, 2.45) is 0 Å². The molecule has 1 aliphatic heterocycles. The summed E-state index contributed by atoms with van der Waals surface area (Å²) in [5, 5.41) is 20.1. The van der Waals surface area contributed by atoms with Crippen LogP contribution in [-0.4, -0.2) is 37.2 Å². The SMILES string of the molecule is C[C@@H]1CCn2nc(-c3cn[nH]c3)c(C(=O)O)c2O1. The molecule has 0 saturated carbocycles. The van der Waals surface area contributed by atoms with Crippen molar-refractivity contribution in [2.45, 2.75) is 26.0 Å². The van der Waals surface area contributed by atoms with Gasteiger partial charge in [0.25, 0.3) is 0 Å². The molecule has 3 heterocycles. The van der Waals surface area contributed by atoms with E-state index >= 15 is 0 Å². The van der Waals surface area contributed by atoms with E-state index in [1.807, 2.05) is 6.92 Å². The third kappa shape index (κ3) is 1.55. The molecule has 0 saturated heterocycles. The van der Waals surface area contributed by atoms with Crippen LogP contribution in [0.2, 0.25) is 0 Å². The number of carbonyl (C=O) groups is 1. The van der Waals surface area contributed by atoms with E-state index in [1.54, 1.807) is 17.1 Å². The number of carboxylic acid groups (broad SMARTS) is 1. The van der Waals surface area contributed by atoms with E-state index in [2.05, 4.69) is 15.3 Å². The number of aryl methyl sites for hydroxylation is 1. The molecule has 0 aliphatic carbocycles. The second-order valence-electron chi connectivity index (χ2n) is 4.26. The molecule has 7 nitrogen and oxygen atoms in total. The molecule has 2 N–H and O–H groups in total. The number of rotatable bonds is 2. The lowest BCUT2D eigenvalue weighted by atomic mass is 10.1. The normalized spacial score (nSPS) is 18.2. The average Bonchev–Trinajstić information content (AvgIpc) is 2.94. The van der Waals surface area contributed by atoms with E-state index in [4.69, 9.17) is 4.74 Å². The van der Waals surface area contributed by atoms with Crippen LogP contribution < -0.4 is 4.74 Å². The van der Waals surface area contributed by atoms with E-state index in [-0.39, 0.29) is 11.7 Å². The van der Waals surface area contributed by atoms with Crippen molar-refractivity contribution >= 4 is 5.97 Å². The van der Waals surface area contributed by atoms with Gasteiger partial charge >= 0.3 is 5.97 Å². The van der Waals surface area contributed by atoms with Crippen LogP contribution in [0.1, 0.15) is 23.7 Å². The summed E-state index contributed by atoms with van der Waals surface area (Å²) in [5.41, 5.74) is 1.13. The first-order chi connectivity index (χ1) is 8.66. The first kappa shape index (κ1) is 10.8. The number of aromatic amines is 1. The number of nitrogens with one attached hydrogen (secondary N) is 1. The van der Waals surface area contributed by atoms with Gasteiger partial charge in [0.15, 0.2) is 0 Å². The first-order valence-electron chi connectivity index (χ1n) is 5.66. The van der Waals surface area contributed by atoms with Gasteiger partial charge in [-0.3, -0.25) is 5.10 Å². The number of aromatic carboxylic acids is 1. The zero-order valence-electron chi connectivity index (χ0n) is 9.75. The van der Waals surface area contributed by atoms with Crippen molar-refractivity contribution in [3.63, 3.8) is 0 Å². The van der Waals surface area contributed by atoms with E-state index in [0.717, 1.165) is 6.42 Å². The van der Waals surface area contributed by atoms with Gasteiger partial charge in [0.2, 0.25) is 5.88 Å². The van der Waals surface area contributed by atoms with Gasteiger partial charge in [-0.25, -0.2) is 9.48 Å². The molecule has 2 aromatic rings. The summed E-state index contributed by atoms with van der Waals surface area (Å²) in [6, 6.07) is 0. The minimum Gasteiger partial charge on any atom is -0.477 e. The lowest BCUT2D eigenvalue weighted by Crippen LogP contribution is -2.24. The van der Waals surface area contributed by atoms with Gasteiger partial charge in [0.1, 0.15) is 11.3 Å². The molecule has 1 atom stereocenters. The Bertz CT molecular complexity index is 588. The number of hydrogen-bond donors (Lipinski definition) is 2. The number of aromatic nitrogens is 4. The lowest BCUT2D eigenvalue weighted by molar-refractivity contribution is 0.0684. The van der Waals surface area contributed by atoms with Gasteiger partial charge in [0, 0.05) is 24.7 Å². The Hall–Kier alpha value is -2.31. The summed E-state index contributed by atoms with van der Waals surface area (Å²) >= 11 is 0. The molecule has 1 aliphatic rings. The quantitative estimate of drug-likeness (QED) is 0.831. The number of hydrogen-bond acceptors (Lipinski definition) is 4. The van der Waals surface area contributed by atoms with Crippen LogP contribution in [0.4, 0.5) is 0 Å².